The van der Waals surface area contributed by atoms with Crippen LogP contribution in [0.1, 0.15) is 5.69 Å². The van der Waals surface area contributed by atoms with Gasteiger partial charge in [0.15, 0.2) is 15.0 Å². The predicted octanol–water partition coefficient (Wildman–Crippen LogP) is 3.05. The Morgan fingerprint density at radius 2 is 1.81 bits per heavy atom. The molecule has 112 valence electrons. The van der Waals surface area contributed by atoms with Gasteiger partial charge in [0.05, 0.1) is 4.90 Å². The molecule has 0 aliphatic carbocycles. The Balaban J connectivity index is 2.40. The van der Waals surface area contributed by atoms with Crippen molar-refractivity contribution in [3.63, 3.8) is 0 Å². The normalized spacial score (nSPS) is 12.4. The Hall–Kier alpha value is -1.61. The lowest BCUT2D eigenvalue weighted by Crippen LogP contribution is -2.08. The Morgan fingerprint density at radius 3 is 2.43 bits per heavy atom. The van der Waals surface area contributed by atoms with E-state index in [-0.39, 0.29) is 14.9 Å². The van der Waals surface area contributed by atoms with Crippen LogP contribution in [0.5, 0.6) is 0 Å². The maximum absolute atomic E-state index is 12.6. The first-order chi connectivity index (χ1) is 9.68. The van der Waals surface area contributed by atoms with Crippen LogP contribution < -0.4 is 0 Å². The predicted molar refractivity (Wildman–Crippen MR) is 70.7 cm³/mol. The van der Waals surface area contributed by atoms with Crippen molar-refractivity contribution in [1.82, 2.24) is 9.97 Å². The van der Waals surface area contributed by atoms with Crippen molar-refractivity contribution in [2.75, 3.05) is 6.26 Å². The van der Waals surface area contributed by atoms with Gasteiger partial charge in [0.2, 0.25) is 0 Å². The summed E-state index contributed by atoms with van der Waals surface area (Å²) in [6.07, 6.45) is -2.56. The number of alkyl halides is 3. The smallest absolute Gasteiger partial charge is 0.231 e. The fraction of sp³-hybridized carbons (Fsp3) is 0.167. The van der Waals surface area contributed by atoms with E-state index in [1.807, 2.05) is 0 Å². The second-order valence-electron chi connectivity index (χ2n) is 4.04. The van der Waals surface area contributed by atoms with Gasteiger partial charge in [-0.1, -0.05) is 12.1 Å². The van der Waals surface area contributed by atoms with Gasteiger partial charge in [0, 0.05) is 17.3 Å². The van der Waals surface area contributed by atoms with E-state index in [4.69, 9.17) is 0 Å². The number of aromatic nitrogens is 2. The third kappa shape index (κ3) is 3.94. The Labute approximate surface area is 123 Å². The molecule has 2 aromatic rings. The lowest BCUT2D eigenvalue weighted by Gasteiger charge is -2.08. The SMILES string of the molecule is CS(=O)(=O)c1ccccc1Sc1nccc(C(F)(F)F)n1. The van der Waals surface area contributed by atoms with E-state index in [2.05, 4.69) is 9.97 Å². The molecule has 9 heteroatoms. The van der Waals surface area contributed by atoms with Crippen LogP contribution in [0.3, 0.4) is 0 Å². The lowest BCUT2D eigenvalue weighted by molar-refractivity contribution is -0.141. The summed E-state index contributed by atoms with van der Waals surface area (Å²) in [6.45, 7) is 0. The highest BCUT2D eigenvalue weighted by Gasteiger charge is 2.32. The van der Waals surface area contributed by atoms with Crippen molar-refractivity contribution in [3.05, 3.63) is 42.2 Å². The van der Waals surface area contributed by atoms with Crippen molar-refractivity contribution in [2.24, 2.45) is 0 Å². The fourth-order valence-electron chi connectivity index (χ4n) is 1.49. The molecule has 4 nitrogen and oxygen atoms in total. The van der Waals surface area contributed by atoms with E-state index in [0.29, 0.717) is 0 Å². The molecule has 0 unspecified atom stereocenters. The quantitative estimate of drug-likeness (QED) is 0.808. The second kappa shape index (κ2) is 5.64. The molecule has 21 heavy (non-hydrogen) atoms. The average molecular weight is 334 g/mol. The fourth-order valence-corrected chi connectivity index (χ4v) is 3.59. The standard InChI is InChI=1S/C12H9F3N2O2S2/c1-21(18,19)9-5-3-2-4-8(9)20-11-16-7-6-10(17-11)12(13,14)15/h2-7H,1H3. The van der Waals surface area contributed by atoms with Crippen molar-refractivity contribution >= 4 is 21.6 Å². The maximum Gasteiger partial charge on any atom is 0.433 e. The molecule has 0 aliphatic heterocycles. The summed E-state index contributed by atoms with van der Waals surface area (Å²) in [5.74, 6) is 0. The summed E-state index contributed by atoms with van der Waals surface area (Å²) in [4.78, 5) is 7.42. The van der Waals surface area contributed by atoms with Crippen molar-refractivity contribution in [1.29, 1.82) is 0 Å². The number of halogens is 3. The molecule has 0 aliphatic rings. The van der Waals surface area contributed by atoms with Gasteiger partial charge in [0.25, 0.3) is 0 Å². The minimum Gasteiger partial charge on any atom is -0.231 e. The van der Waals surface area contributed by atoms with Gasteiger partial charge in [-0.2, -0.15) is 13.2 Å². The minimum atomic E-state index is -4.57. The molecule has 1 heterocycles. The van der Waals surface area contributed by atoms with Gasteiger partial charge in [0.1, 0.15) is 5.69 Å². The third-order valence-electron chi connectivity index (χ3n) is 2.37. The number of sulfone groups is 1. The van der Waals surface area contributed by atoms with E-state index in [9.17, 15) is 21.6 Å². The number of hydrogen-bond acceptors (Lipinski definition) is 5. The zero-order valence-electron chi connectivity index (χ0n) is 10.6. The summed E-state index contributed by atoms with van der Waals surface area (Å²) < 4.78 is 61.0. The largest absolute Gasteiger partial charge is 0.433 e. The van der Waals surface area contributed by atoms with Gasteiger partial charge in [-0.25, -0.2) is 18.4 Å². The van der Waals surface area contributed by atoms with Gasteiger partial charge >= 0.3 is 6.18 Å². The molecule has 2 rings (SSSR count). The van der Waals surface area contributed by atoms with Crippen LogP contribution in [-0.4, -0.2) is 24.6 Å². The zero-order chi connectivity index (χ0) is 15.7. The summed E-state index contributed by atoms with van der Waals surface area (Å²) in [7, 11) is -3.49. The van der Waals surface area contributed by atoms with Gasteiger partial charge in [-0.15, -0.1) is 0 Å². The molecule has 0 N–H and O–H groups in total. The summed E-state index contributed by atoms with van der Waals surface area (Å²) in [6, 6.07) is 6.75. The van der Waals surface area contributed by atoms with Crippen LogP contribution in [0.4, 0.5) is 13.2 Å². The molecule has 0 atom stereocenters. The topological polar surface area (TPSA) is 59.9 Å². The molecule has 0 bridgehead atoms. The minimum absolute atomic E-state index is 0.0241. The van der Waals surface area contributed by atoms with Gasteiger partial charge in [-0.05, 0) is 30.0 Å². The van der Waals surface area contributed by atoms with Crippen LogP contribution in [0.25, 0.3) is 0 Å². The third-order valence-corrected chi connectivity index (χ3v) is 4.61. The second-order valence-corrected chi connectivity index (χ2v) is 7.04. The molecule has 0 radical (unpaired) electrons. The highest BCUT2D eigenvalue weighted by atomic mass is 32.2. The molecule has 0 amide bonds. The maximum atomic E-state index is 12.6. The molecule has 0 saturated heterocycles. The monoisotopic (exact) mass is 334 g/mol. The summed E-state index contributed by atoms with van der Waals surface area (Å²) in [5, 5.41) is -0.166. The number of rotatable bonds is 3. The number of benzene rings is 1. The molecule has 1 aromatic heterocycles. The molecule has 0 fully saturated rings. The van der Waals surface area contributed by atoms with Crippen molar-refractivity contribution in [2.45, 2.75) is 21.1 Å². The van der Waals surface area contributed by atoms with E-state index >= 15 is 0 Å². The average Bonchev–Trinajstić information content (AvgIpc) is 2.37. The molecule has 0 spiro atoms. The van der Waals surface area contributed by atoms with Gasteiger partial charge in [-0.3, -0.25) is 0 Å². The van der Waals surface area contributed by atoms with Crippen LogP contribution in [0, 0.1) is 0 Å². The number of hydrogen-bond donors (Lipinski definition) is 0. The van der Waals surface area contributed by atoms with Gasteiger partial charge < -0.3 is 0 Å². The molecule has 1 aromatic carbocycles. The van der Waals surface area contributed by atoms with Crippen LogP contribution in [0.15, 0.2) is 51.5 Å². The molecule has 0 saturated carbocycles. The Bertz CT molecular complexity index is 761. The zero-order valence-corrected chi connectivity index (χ0v) is 12.3. The van der Waals surface area contributed by atoms with Crippen LogP contribution in [0.2, 0.25) is 0 Å². The van der Waals surface area contributed by atoms with E-state index in [1.54, 1.807) is 6.07 Å². The first-order valence-corrected chi connectivity index (χ1v) is 8.26. The number of nitrogens with zero attached hydrogens (tertiary/aromatic N) is 2. The van der Waals surface area contributed by atoms with Crippen LogP contribution in [-0.2, 0) is 16.0 Å². The first-order valence-electron chi connectivity index (χ1n) is 5.55. The molecular formula is C12H9F3N2O2S2. The van der Waals surface area contributed by atoms with Crippen LogP contribution >= 0.6 is 11.8 Å². The van der Waals surface area contributed by atoms with E-state index in [1.165, 1.54) is 18.2 Å². The summed E-state index contributed by atoms with van der Waals surface area (Å²) >= 11 is 0.770. The van der Waals surface area contributed by atoms with E-state index < -0.39 is 21.7 Å². The first kappa shape index (κ1) is 15.8. The van der Waals surface area contributed by atoms with Crippen molar-refractivity contribution < 1.29 is 21.6 Å². The Morgan fingerprint density at radius 1 is 1.14 bits per heavy atom. The Kier molecular flexibility index (Phi) is 4.24. The molecular weight excluding hydrogens is 325 g/mol. The highest BCUT2D eigenvalue weighted by molar-refractivity contribution is 8.00. The summed E-state index contributed by atoms with van der Waals surface area (Å²) in [5.41, 5.74) is -1.07. The lowest BCUT2D eigenvalue weighted by atomic mass is 10.4. The van der Waals surface area contributed by atoms with Crippen molar-refractivity contribution in [3.8, 4) is 0 Å². The highest BCUT2D eigenvalue weighted by Crippen LogP contribution is 2.33. The van der Waals surface area contributed by atoms with E-state index in [0.717, 1.165) is 30.3 Å².